The normalized spacial score (nSPS) is 16.8. The molecule has 1 unspecified atom stereocenters. The number of rotatable bonds is 4. The quantitative estimate of drug-likeness (QED) is 0.802. The number of amides is 2. The molecule has 136 valence electrons. The molecule has 1 heterocycles. The summed E-state index contributed by atoms with van der Waals surface area (Å²) in [5.74, 6) is -0.385. The largest absolute Gasteiger partial charge is 0.312 e. The van der Waals surface area contributed by atoms with Gasteiger partial charge in [-0.15, -0.1) is 0 Å². The van der Waals surface area contributed by atoms with Crippen molar-refractivity contribution in [3.05, 3.63) is 58.6 Å². The van der Waals surface area contributed by atoms with Crippen molar-refractivity contribution in [2.45, 2.75) is 27.2 Å². The Hall–Kier alpha value is -2.33. The summed E-state index contributed by atoms with van der Waals surface area (Å²) in [4.78, 5) is 29.1. The zero-order valence-electron chi connectivity index (χ0n) is 15.3. The third-order valence-corrected chi connectivity index (χ3v) is 5.31. The second-order valence-electron chi connectivity index (χ2n) is 6.71. The van der Waals surface area contributed by atoms with Gasteiger partial charge in [-0.25, -0.2) is 0 Å². The lowest BCUT2D eigenvalue weighted by Crippen LogP contribution is -2.37. The topological polar surface area (TPSA) is 40.6 Å². The van der Waals surface area contributed by atoms with E-state index < -0.39 is 0 Å². The second-order valence-corrected chi connectivity index (χ2v) is 7.12. The van der Waals surface area contributed by atoms with E-state index in [1.54, 1.807) is 15.9 Å². The van der Waals surface area contributed by atoms with Crippen LogP contribution in [0.15, 0.2) is 42.5 Å². The lowest BCUT2D eigenvalue weighted by Gasteiger charge is -2.25. The molecular formula is C21H23ClN2O2. The van der Waals surface area contributed by atoms with Crippen molar-refractivity contribution in [1.29, 1.82) is 0 Å². The van der Waals surface area contributed by atoms with E-state index >= 15 is 0 Å². The lowest BCUT2D eigenvalue weighted by molar-refractivity contribution is -0.124. The molecule has 1 aliphatic rings. The van der Waals surface area contributed by atoms with Gasteiger partial charge in [0, 0.05) is 35.9 Å². The van der Waals surface area contributed by atoms with Gasteiger partial charge in [0.25, 0.3) is 0 Å². The van der Waals surface area contributed by atoms with Gasteiger partial charge in [0.05, 0.1) is 5.92 Å². The van der Waals surface area contributed by atoms with Crippen LogP contribution in [0.3, 0.4) is 0 Å². The van der Waals surface area contributed by atoms with E-state index in [1.807, 2.05) is 57.2 Å². The van der Waals surface area contributed by atoms with Gasteiger partial charge < -0.3 is 9.80 Å². The maximum absolute atomic E-state index is 13.1. The fourth-order valence-electron chi connectivity index (χ4n) is 3.48. The number of aryl methyl sites for hydroxylation is 1. The first-order valence-corrected chi connectivity index (χ1v) is 9.23. The van der Waals surface area contributed by atoms with Crippen molar-refractivity contribution < 1.29 is 9.59 Å². The number of carbonyl (C=O) groups is 2. The Balaban J connectivity index is 1.83. The third kappa shape index (κ3) is 3.47. The predicted molar refractivity (Wildman–Crippen MR) is 106 cm³/mol. The summed E-state index contributed by atoms with van der Waals surface area (Å²) < 4.78 is 0. The zero-order chi connectivity index (χ0) is 18.8. The maximum atomic E-state index is 13.1. The Labute approximate surface area is 159 Å². The van der Waals surface area contributed by atoms with Crippen molar-refractivity contribution in [2.24, 2.45) is 5.92 Å². The van der Waals surface area contributed by atoms with Crippen LogP contribution in [0, 0.1) is 19.8 Å². The molecular weight excluding hydrogens is 348 g/mol. The van der Waals surface area contributed by atoms with Crippen LogP contribution in [-0.4, -0.2) is 24.9 Å². The van der Waals surface area contributed by atoms with Crippen LogP contribution in [0.1, 0.15) is 24.5 Å². The average Bonchev–Trinajstić information content (AvgIpc) is 3.00. The molecule has 0 bridgehead atoms. The molecule has 4 nitrogen and oxygen atoms in total. The molecule has 0 spiro atoms. The number of benzene rings is 2. The second kappa shape index (κ2) is 7.50. The first-order valence-electron chi connectivity index (χ1n) is 8.86. The standard InChI is InChI=1S/C21H23ClN2O2/c1-4-23(17-8-5-7-14(2)11-17)21(26)16-12-20(25)24(13-16)19-10-6-9-18(22)15(19)3/h5-11,16H,4,12-13H2,1-3H3. The van der Waals surface area contributed by atoms with Gasteiger partial charge in [0.2, 0.25) is 11.8 Å². The first kappa shape index (κ1) is 18.5. The lowest BCUT2D eigenvalue weighted by atomic mass is 10.1. The van der Waals surface area contributed by atoms with Crippen molar-refractivity contribution in [1.82, 2.24) is 0 Å². The molecule has 0 aliphatic carbocycles. The molecule has 0 aromatic heterocycles. The van der Waals surface area contributed by atoms with Crippen molar-refractivity contribution in [3.8, 4) is 0 Å². The van der Waals surface area contributed by atoms with Crippen LogP contribution in [0.5, 0.6) is 0 Å². The molecule has 3 rings (SSSR count). The smallest absolute Gasteiger partial charge is 0.232 e. The van der Waals surface area contributed by atoms with Gasteiger partial charge in [-0.3, -0.25) is 9.59 Å². The van der Waals surface area contributed by atoms with E-state index in [4.69, 9.17) is 11.6 Å². The number of hydrogen-bond acceptors (Lipinski definition) is 2. The monoisotopic (exact) mass is 370 g/mol. The van der Waals surface area contributed by atoms with Gasteiger partial charge in [-0.05, 0) is 56.2 Å². The summed E-state index contributed by atoms with van der Waals surface area (Å²) in [6.45, 7) is 6.82. The number of hydrogen-bond donors (Lipinski definition) is 0. The molecule has 2 aromatic rings. The van der Waals surface area contributed by atoms with Gasteiger partial charge in [-0.1, -0.05) is 29.8 Å². The zero-order valence-corrected chi connectivity index (χ0v) is 16.1. The molecule has 1 atom stereocenters. The Morgan fingerprint density at radius 3 is 2.65 bits per heavy atom. The SMILES string of the molecule is CCN(C(=O)C1CC(=O)N(c2cccc(Cl)c2C)C1)c1cccc(C)c1. The highest BCUT2D eigenvalue weighted by Gasteiger charge is 2.37. The minimum absolute atomic E-state index is 0.00590. The van der Waals surface area contributed by atoms with Crippen LogP contribution in [0.4, 0.5) is 11.4 Å². The number of halogens is 1. The van der Waals surface area contributed by atoms with E-state index in [2.05, 4.69) is 0 Å². The van der Waals surface area contributed by atoms with Crippen LogP contribution in [0.25, 0.3) is 0 Å². The predicted octanol–water partition coefficient (Wildman–Crippen LogP) is 4.36. The average molecular weight is 371 g/mol. The summed E-state index contributed by atoms with van der Waals surface area (Å²) >= 11 is 6.19. The molecule has 0 N–H and O–H groups in total. The van der Waals surface area contributed by atoms with Crippen molar-refractivity contribution in [2.75, 3.05) is 22.9 Å². The van der Waals surface area contributed by atoms with E-state index in [-0.39, 0.29) is 24.2 Å². The minimum atomic E-state index is -0.346. The Morgan fingerprint density at radius 2 is 1.96 bits per heavy atom. The molecule has 1 fully saturated rings. The highest BCUT2D eigenvalue weighted by Crippen LogP contribution is 2.32. The van der Waals surface area contributed by atoms with E-state index in [0.717, 1.165) is 22.5 Å². The summed E-state index contributed by atoms with van der Waals surface area (Å²) in [5.41, 5.74) is 3.63. The summed E-state index contributed by atoms with van der Waals surface area (Å²) in [7, 11) is 0. The number of nitrogens with zero attached hydrogens (tertiary/aromatic N) is 2. The van der Waals surface area contributed by atoms with E-state index in [1.165, 1.54) is 0 Å². The van der Waals surface area contributed by atoms with Crippen LogP contribution in [-0.2, 0) is 9.59 Å². The fourth-order valence-corrected chi connectivity index (χ4v) is 3.65. The number of carbonyl (C=O) groups excluding carboxylic acids is 2. The molecule has 2 aromatic carbocycles. The summed E-state index contributed by atoms with van der Waals surface area (Å²) in [6, 6.07) is 13.4. The minimum Gasteiger partial charge on any atom is -0.312 e. The highest BCUT2D eigenvalue weighted by atomic mass is 35.5. The van der Waals surface area contributed by atoms with E-state index in [0.29, 0.717) is 18.1 Å². The molecule has 1 aliphatic heterocycles. The van der Waals surface area contributed by atoms with Gasteiger partial charge >= 0.3 is 0 Å². The van der Waals surface area contributed by atoms with Crippen LogP contribution >= 0.6 is 11.6 Å². The highest BCUT2D eigenvalue weighted by molar-refractivity contribution is 6.31. The first-order chi connectivity index (χ1) is 12.4. The molecule has 0 saturated carbocycles. The van der Waals surface area contributed by atoms with Crippen LogP contribution in [0.2, 0.25) is 5.02 Å². The molecule has 1 saturated heterocycles. The van der Waals surface area contributed by atoms with E-state index in [9.17, 15) is 9.59 Å². The molecule has 26 heavy (non-hydrogen) atoms. The fraction of sp³-hybridized carbons (Fsp3) is 0.333. The summed E-state index contributed by atoms with van der Waals surface area (Å²) in [6.07, 6.45) is 0.229. The van der Waals surface area contributed by atoms with Crippen LogP contribution < -0.4 is 9.80 Å². The molecule has 5 heteroatoms. The summed E-state index contributed by atoms with van der Waals surface area (Å²) in [5, 5.41) is 0.625. The van der Waals surface area contributed by atoms with Gasteiger partial charge in [-0.2, -0.15) is 0 Å². The van der Waals surface area contributed by atoms with Gasteiger partial charge in [0.1, 0.15) is 0 Å². The Morgan fingerprint density at radius 1 is 1.23 bits per heavy atom. The van der Waals surface area contributed by atoms with Crippen molar-refractivity contribution >= 4 is 34.8 Å². The Bertz CT molecular complexity index is 850. The van der Waals surface area contributed by atoms with Crippen molar-refractivity contribution in [3.63, 3.8) is 0 Å². The number of anilines is 2. The Kier molecular flexibility index (Phi) is 5.33. The molecule has 2 amide bonds. The third-order valence-electron chi connectivity index (χ3n) is 4.90. The molecule has 0 radical (unpaired) electrons. The van der Waals surface area contributed by atoms with Gasteiger partial charge in [0.15, 0.2) is 0 Å². The maximum Gasteiger partial charge on any atom is 0.232 e.